The molecule has 0 aliphatic heterocycles. The average Bonchev–Trinajstić information content (AvgIpc) is 2.16. The molecule has 0 saturated heterocycles. The smallest absolute Gasteiger partial charge is 0.305 e. The molecule has 1 N–H and O–H groups in total. The Morgan fingerprint density at radius 3 is 2.06 bits per heavy atom. The van der Waals surface area contributed by atoms with Crippen LogP contribution in [0.25, 0.3) is 0 Å². The Labute approximate surface area is 96.3 Å². The molecule has 0 spiro atoms. The molecular weight excluding hydrogens is 238 g/mol. The van der Waals surface area contributed by atoms with Crippen LogP contribution in [0.4, 0.5) is 11.4 Å². The second-order valence-electron chi connectivity index (χ2n) is 2.84. The maximum absolute atomic E-state index is 10.5. The Hall–Kier alpha value is -2.02. The Morgan fingerprint density at radius 1 is 1.19 bits per heavy atom. The first-order valence-corrected chi connectivity index (χ1v) is 3.92. The fourth-order valence-electron chi connectivity index (χ4n) is 1.06. The molecule has 8 heteroatoms. The molecule has 0 atom stereocenters. The van der Waals surface area contributed by atoms with E-state index in [0.717, 1.165) is 12.1 Å². The van der Waals surface area contributed by atoms with Crippen molar-refractivity contribution in [3.8, 4) is 0 Å². The number of nitro benzene ring substituents is 2. The van der Waals surface area contributed by atoms with E-state index in [-0.39, 0.29) is 18.1 Å². The summed E-state index contributed by atoms with van der Waals surface area (Å²) in [7, 11) is 0. The van der Waals surface area contributed by atoms with Crippen LogP contribution in [-0.2, 0) is 0 Å². The van der Waals surface area contributed by atoms with Crippen molar-refractivity contribution < 1.29 is 9.85 Å². The normalized spacial score (nSPS) is 9.06. The number of benzene rings is 1. The van der Waals surface area contributed by atoms with Crippen molar-refractivity contribution in [2.75, 3.05) is 0 Å². The molecule has 0 saturated carbocycles. The van der Waals surface area contributed by atoms with Crippen molar-refractivity contribution >= 4 is 29.5 Å². The lowest BCUT2D eigenvalue weighted by molar-refractivity contribution is -0.422. The third-order valence-electron chi connectivity index (χ3n) is 1.80. The van der Waals surface area contributed by atoms with E-state index in [1.165, 1.54) is 13.0 Å². The van der Waals surface area contributed by atoms with Gasteiger partial charge in [-0.05, 0) is 13.0 Å². The molecule has 7 nitrogen and oxygen atoms in total. The van der Waals surface area contributed by atoms with Crippen LogP contribution in [-0.4, -0.2) is 15.6 Å². The van der Waals surface area contributed by atoms with E-state index >= 15 is 0 Å². The maximum atomic E-state index is 10.5. The molecule has 0 heterocycles. The van der Waals surface area contributed by atoms with Crippen LogP contribution < -0.4 is 0 Å². The lowest BCUT2D eigenvalue weighted by Crippen LogP contribution is -1.99. The average molecular weight is 246 g/mol. The van der Waals surface area contributed by atoms with E-state index in [4.69, 9.17) is 5.41 Å². The highest BCUT2D eigenvalue weighted by Crippen LogP contribution is 2.27. The minimum atomic E-state index is -0.829. The van der Waals surface area contributed by atoms with Crippen molar-refractivity contribution in [2.24, 2.45) is 0 Å². The lowest BCUT2D eigenvalue weighted by Gasteiger charge is -1.98. The number of hydrogen-bond acceptors (Lipinski definition) is 5. The Kier molecular flexibility index (Phi) is 4.52. The van der Waals surface area contributed by atoms with Gasteiger partial charge < -0.3 is 5.41 Å². The predicted octanol–water partition coefficient (Wildman–Crippen LogP) is 2.31. The fraction of sp³-hybridized carbons (Fsp3) is 0.125. The highest BCUT2D eigenvalue weighted by molar-refractivity contribution is 5.97. The predicted molar refractivity (Wildman–Crippen MR) is 59.5 cm³/mol. The second kappa shape index (κ2) is 5.17. The number of nitrogens with one attached hydrogen (secondary N) is 1. The molecule has 16 heavy (non-hydrogen) atoms. The Balaban J connectivity index is 0.00000225. The molecule has 1 rings (SSSR count). The van der Waals surface area contributed by atoms with Crippen molar-refractivity contribution in [1.29, 1.82) is 5.41 Å². The minimum absolute atomic E-state index is 0. The molecule has 0 radical (unpaired) electrons. The van der Waals surface area contributed by atoms with Crippen molar-refractivity contribution in [1.82, 2.24) is 0 Å². The van der Waals surface area contributed by atoms with Gasteiger partial charge >= 0.3 is 11.4 Å². The number of hydrogen-bond donors (Lipinski definition) is 1. The van der Waals surface area contributed by atoms with Crippen LogP contribution in [0.3, 0.4) is 0 Å². The molecule has 0 aliphatic rings. The number of nitro groups is 2. The van der Waals surface area contributed by atoms with Crippen LogP contribution in [0.15, 0.2) is 18.2 Å². The van der Waals surface area contributed by atoms with E-state index in [2.05, 4.69) is 0 Å². The van der Waals surface area contributed by atoms with Crippen molar-refractivity contribution in [3.63, 3.8) is 0 Å². The fourth-order valence-corrected chi connectivity index (χ4v) is 1.06. The van der Waals surface area contributed by atoms with Crippen LogP contribution >= 0.6 is 12.4 Å². The van der Waals surface area contributed by atoms with Crippen LogP contribution in [0.1, 0.15) is 12.5 Å². The van der Waals surface area contributed by atoms with E-state index in [0.29, 0.717) is 5.56 Å². The summed E-state index contributed by atoms with van der Waals surface area (Å²) in [5.41, 5.74) is -0.741. The summed E-state index contributed by atoms with van der Waals surface area (Å²) in [5.74, 6) is 0. The van der Waals surface area contributed by atoms with Gasteiger partial charge in [-0.15, -0.1) is 12.4 Å². The van der Waals surface area contributed by atoms with E-state index in [1.807, 2.05) is 0 Å². The van der Waals surface area contributed by atoms with Gasteiger partial charge in [0.2, 0.25) is 0 Å². The topological polar surface area (TPSA) is 110 Å². The molecule has 1 aromatic rings. The zero-order valence-electron chi connectivity index (χ0n) is 8.17. The number of halogens is 1. The van der Waals surface area contributed by atoms with Gasteiger partial charge in [0.15, 0.2) is 0 Å². The Bertz CT molecular complexity index is 461. The van der Waals surface area contributed by atoms with Gasteiger partial charge in [0.05, 0.1) is 9.85 Å². The monoisotopic (exact) mass is 245 g/mol. The van der Waals surface area contributed by atoms with Crippen LogP contribution in [0.2, 0.25) is 0 Å². The summed E-state index contributed by atoms with van der Waals surface area (Å²) in [5, 5.41) is 28.2. The quantitative estimate of drug-likeness (QED) is 0.500. The highest BCUT2D eigenvalue weighted by Gasteiger charge is 2.24. The molecular formula is C8H8ClN3O4. The number of nitrogens with zero attached hydrogens (tertiary/aromatic N) is 2. The van der Waals surface area contributed by atoms with E-state index in [9.17, 15) is 20.2 Å². The molecule has 1 aromatic carbocycles. The van der Waals surface area contributed by atoms with Crippen molar-refractivity contribution in [2.45, 2.75) is 6.92 Å². The summed E-state index contributed by atoms with van der Waals surface area (Å²) in [6.07, 6.45) is 0. The second-order valence-corrected chi connectivity index (χ2v) is 2.84. The first-order chi connectivity index (χ1) is 6.93. The van der Waals surface area contributed by atoms with Crippen LogP contribution in [0.5, 0.6) is 0 Å². The van der Waals surface area contributed by atoms with Gasteiger partial charge in [0, 0.05) is 23.4 Å². The highest BCUT2D eigenvalue weighted by atomic mass is 35.5. The molecule has 0 amide bonds. The van der Waals surface area contributed by atoms with Crippen LogP contribution in [0, 0.1) is 25.6 Å². The van der Waals surface area contributed by atoms with Gasteiger partial charge in [-0.3, -0.25) is 20.2 Å². The lowest BCUT2D eigenvalue weighted by atomic mass is 10.1. The van der Waals surface area contributed by atoms with Gasteiger partial charge in [0.25, 0.3) is 0 Å². The third-order valence-corrected chi connectivity index (χ3v) is 1.80. The summed E-state index contributed by atoms with van der Waals surface area (Å²) >= 11 is 0. The first-order valence-electron chi connectivity index (χ1n) is 3.92. The largest absolute Gasteiger partial charge is 0.346 e. The standard InChI is InChI=1S/C8H7N3O4.ClH/c1-5(9)6-2-3-7(10(12)13)8(4-6)11(14)15;/h2-4,9H,1H3;1H. The van der Waals surface area contributed by atoms with Gasteiger partial charge in [-0.25, -0.2) is 0 Å². The summed E-state index contributed by atoms with van der Waals surface area (Å²) in [4.78, 5) is 19.3. The SMILES string of the molecule is CC(=N)c1ccc([N+](=O)[O-])c([N+](=O)[O-])c1.Cl. The molecule has 0 aliphatic carbocycles. The number of rotatable bonds is 3. The summed E-state index contributed by atoms with van der Waals surface area (Å²) in [6, 6.07) is 3.37. The molecule has 0 fully saturated rings. The molecule has 86 valence electrons. The minimum Gasteiger partial charge on any atom is -0.305 e. The third kappa shape index (κ3) is 2.74. The zero-order chi connectivity index (χ0) is 11.6. The Morgan fingerprint density at radius 2 is 1.69 bits per heavy atom. The van der Waals surface area contributed by atoms with E-state index in [1.54, 1.807) is 0 Å². The zero-order valence-corrected chi connectivity index (χ0v) is 8.98. The molecule has 0 bridgehead atoms. The van der Waals surface area contributed by atoms with Crippen molar-refractivity contribution in [3.05, 3.63) is 44.0 Å². The maximum Gasteiger partial charge on any atom is 0.346 e. The van der Waals surface area contributed by atoms with Gasteiger partial charge in [-0.2, -0.15) is 0 Å². The molecule has 0 unspecified atom stereocenters. The summed E-state index contributed by atoms with van der Waals surface area (Å²) in [6.45, 7) is 1.45. The molecule has 0 aromatic heterocycles. The van der Waals surface area contributed by atoms with Gasteiger partial charge in [0.1, 0.15) is 0 Å². The van der Waals surface area contributed by atoms with Gasteiger partial charge in [-0.1, -0.05) is 0 Å². The first kappa shape index (κ1) is 14.0. The summed E-state index contributed by atoms with van der Waals surface area (Å²) < 4.78 is 0. The van der Waals surface area contributed by atoms with E-state index < -0.39 is 21.2 Å².